The summed E-state index contributed by atoms with van der Waals surface area (Å²) in [4.78, 5) is 11.8. The number of halogens is 1. The highest BCUT2D eigenvalue weighted by atomic mass is 35.5. The van der Waals surface area contributed by atoms with Gasteiger partial charge in [-0.2, -0.15) is 0 Å². The van der Waals surface area contributed by atoms with E-state index in [0.29, 0.717) is 11.2 Å². The second-order valence-electron chi connectivity index (χ2n) is 7.57. The summed E-state index contributed by atoms with van der Waals surface area (Å²) in [6.07, 6.45) is 8.13. The molecule has 2 fully saturated rings. The van der Waals surface area contributed by atoms with E-state index in [0.717, 1.165) is 24.1 Å². The van der Waals surface area contributed by atoms with Crippen LogP contribution in [-0.2, 0) is 5.41 Å². The highest BCUT2D eigenvalue weighted by Gasteiger charge is 2.34. The smallest absolute Gasteiger partial charge is 0.137 e. The zero-order valence-electron chi connectivity index (χ0n) is 13.4. The van der Waals surface area contributed by atoms with E-state index in [1.807, 2.05) is 6.07 Å². The standard InChI is InChI=1S/C17H26ClN3/c1-17(2,3)16-19-14(18)11-15(20-16)21-10-6-9-13(21)12-7-4-5-8-12/h11-13H,4-10H2,1-3H3. The van der Waals surface area contributed by atoms with Crippen molar-refractivity contribution in [2.45, 2.75) is 70.8 Å². The fourth-order valence-corrected chi connectivity index (χ4v) is 3.98. The predicted octanol–water partition coefficient (Wildman–Crippen LogP) is 4.59. The van der Waals surface area contributed by atoms with E-state index in [1.54, 1.807) is 0 Å². The van der Waals surface area contributed by atoms with Gasteiger partial charge >= 0.3 is 0 Å². The van der Waals surface area contributed by atoms with Crippen molar-refractivity contribution in [1.29, 1.82) is 0 Å². The lowest BCUT2D eigenvalue weighted by Crippen LogP contribution is -2.35. The van der Waals surface area contributed by atoms with Gasteiger partial charge in [0.05, 0.1) is 0 Å². The quantitative estimate of drug-likeness (QED) is 0.748. The van der Waals surface area contributed by atoms with Crippen LogP contribution in [0.3, 0.4) is 0 Å². The highest BCUT2D eigenvalue weighted by Crippen LogP contribution is 2.38. The Morgan fingerprint density at radius 1 is 1.10 bits per heavy atom. The van der Waals surface area contributed by atoms with Crippen LogP contribution in [0.5, 0.6) is 0 Å². The van der Waals surface area contributed by atoms with Crippen LogP contribution in [0.2, 0.25) is 5.15 Å². The van der Waals surface area contributed by atoms with Gasteiger partial charge in [0.25, 0.3) is 0 Å². The number of hydrogen-bond donors (Lipinski definition) is 0. The van der Waals surface area contributed by atoms with Crippen LogP contribution in [0.15, 0.2) is 6.07 Å². The number of hydrogen-bond acceptors (Lipinski definition) is 3. The summed E-state index contributed by atoms with van der Waals surface area (Å²) in [6.45, 7) is 7.53. The molecule has 2 heterocycles. The van der Waals surface area contributed by atoms with Gasteiger partial charge in [-0.25, -0.2) is 9.97 Å². The highest BCUT2D eigenvalue weighted by molar-refractivity contribution is 6.29. The molecule has 4 heteroatoms. The SMILES string of the molecule is CC(C)(C)c1nc(Cl)cc(N2CCCC2C2CCCC2)n1. The topological polar surface area (TPSA) is 29.0 Å². The second kappa shape index (κ2) is 5.75. The number of aromatic nitrogens is 2. The first kappa shape index (κ1) is 15.1. The van der Waals surface area contributed by atoms with Crippen LogP contribution in [-0.4, -0.2) is 22.6 Å². The molecule has 0 amide bonds. The Hall–Kier alpha value is -0.830. The molecule has 0 N–H and O–H groups in total. The van der Waals surface area contributed by atoms with Crippen LogP contribution < -0.4 is 4.90 Å². The Labute approximate surface area is 133 Å². The van der Waals surface area contributed by atoms with Crippen LogP contribution in [0.4, 0.5) is 5.82 Å². The third-order valence-corrected chi connectivity index (χ3v) is 5.08. The van der Waals surface area contributed by atoms with Gasteiger partial charge in [0.1, 0.15) is 16.8 Å². The zero-order chi connectivity index (χ0) is 15.0. The van der Waals surface area contributed by atoms with Crippen LogP contribution in [0.25, 0.3) is 0 Å². The predicted molar refractivity (Wildman–Crippen MR) is 88.1 cm³/mol. The van der Waals surface area contributed by atoms with E-state index in [9.17, 15) is 0 Å². The summed E-state index contributed by atoms with van der Waals surface area (Å²) in [5.74, 6) is 2.73. The Balaban J connectivity index is 1.90. The summed E-state index contributed by atoms with van der Waals surface area (Å²) in [7, 11) is 0. The maximum Gasteiger partial charge on any atom is 0.137 e. The lowest BCUT2D eigenvalue weighted by Gasteiger charge is -2.31. The molecule has 0 spiro atoms. The van der Waals surface area contributed by atoms with E-state index in [4.69, 9.17) is 16.6 Å². The second-order valence-corrected chi connectivity index (χ2v) is 7.96. The molecule has 1 saturated carbocycles. The van der Waals surface area contributed by atoms with Gasteiger partial charge < -0.3 is 4.90 Å². The lowest BCUT2D eigenvalue weighted by molar-refractivity contribution is 0.428. The van der Waals surface area contributed by atoms with E-state index in [1.165, 1.54) is 38.5 Å². The largest absolute Gasteiger partial charge is 0.353 e. The molecule has 1 saturated heterocycles. The van der Waals surface area contributed by atoms with Gasteiger partial charge in [0.15, 0.2) is 0 Å². The molecule has 1 aromatic heterocycles. The van der Waals surface area contributed by atoms with Crippen LogP contribution in [0, 0.1) is 5.92 Å². The van der Waals surface area contributed by atoms with Gasteiger partial charge in [-0.05, 0) is 31.6 Å². The Kier molecular flexibility index (Phi) is 4.13. The molecule has 1 unspecified atom stereocenters. The first-order valence-electron chi connectivity index (χ1n) is 8.27. The van der Waals surface area contributed by atoms with Crippen LogP contribution in [0.1, 0.15) is 65.1 Å². The average Bonchev–Trinajstić information content (AvgIpc) is 3.07. The molecular formula is C17H26ClN3. The van der Waals surface area contributed by atoms with Gasteiger partial charge in [0.2, 0.25) is 0 Å². The van der Waals surface area contributed by atoms with Gasteiger partial charge in [-0.15, -0.1) is 0 Å². The first-order valence-corrected chi connectivity index (χ1v) is 8.64. The number of anilines is 1. The molecule has 0 radical (unpaired) electrons. The third kappa shape index (κ3) is 3.18. The minimum atomic E-state index is -0.0672. The summed E-state index contributed by atoms with van der Waals surface area (Å²) >= 11 is 6.26. The van der Waals surface area contributed by atoms with Crippen molar-refractivity contribution in [3.05, 3.63) is 17.0 Å². The van der Waals surface area contributed by atoms with E-state index >= 15 is 0 Å². The molecule has 2 aliphatic rings. The molecule has 116 valence electrons. The van der Waals surface area contributed by atoms with Crippen molar-refractivity contribution < 1.29 is 0 Å². The average molecular weight is 308 g/mol. The molecule has 3 nitrogen and oxygen atoms in total. The summed E-state index contributed by atoms with van der Waals surface area (Å²) in [5.41, 5.74) is -0.0672. The van der Waals surface area contributed by atoms with Gasteiger partial charge in [0, 0.05) is 24.1 Å². The maximum absolute atomic E-state index is 6.26. The van der Waals surface area contributed by atoms with Crippen molar-refractivity contribution in [3.63, 3.8) is 0 Å². The summed E-state index contributed by atoms with van der Waals surface area (Å²) < 4.78 is 0. The monoisotopic (exact) mass is 307 g/mol. The zero-order valence-corrected chi connectivity index (χ0v) is 14.2. The Morgan fingerprint density at radius 2 is 1.81 bits per heavy atom. The van der Waals surface area contributed by atoms with E-state index in [-0.39, 0.29) is 5.41 Å². The molecule has 1 aliphatic heterocycles. The minimum Gasteiger partial charge on any atom is -0.353 e. The van der Waals surface area contributed by atoms with Crippen molar-refractivity contribution in [3.8, 4) is 0 Å². The minimum absolute atomic E-state index is 0.0672. The summed E-state index contributed by atoms with van der Waals surface area (Å²) in [6, 6.07) is 2.61. The molecule has 1 aliphatic carbocycles. The molecule has 0 aromatic carbocycles. The van der Waals surface area contributed by atoms with Crippen molar-refractivity contribution in [1.82, 2.24) is 9.97 Å². The van der Waals surface area contributed by atoms with Gasteiger partial charge in [-0.3, -0.25) is 0 Å². The molecule has 3 rings (SSSR count). The molecule has 1 atom stereocenters. The van der Waals surface area contributed by atoms with Gasteiger partial charge in [-0.1, -0.05) is 45.2 Å². The lowest BCUT2D eigenvalue weighted by atomic mass is 9.95. The molecular weight excluding hydrogens is 282 g/mol. The molecule has 21 heavy (non-hydrogen) atoms. The van der Waals surface area contributed by atoms with Crippen molar-refractivity contribution in [2.75, 3.05) is 11.4 Å². The van der Waals surface area contributed by atoms with Crippen molar-refractivity contribution >= 4 is 17.4 Å². The maximum atomic E-state index is 6.26. The number of nitrogens with zero attached hydrogens (tertiary/aromatic N) is 3. The van der Waals surface area contributed by atoms with Crippen molar-refractivity contribution in [2.24, 2.45) is 5.92 Å². The fraction of sp³-hybridized carbons (Fsp3) is 0.765. The Morgan fingerprint density at radius 3 is 2.48 bits per heavy atom. The molecule has 1 aromatic rings. The van der Waals surface area contributed by atoms with E-state index < -0.39 is 0 Å². The summed E-state index contributed by atoms with van der Waals surface area (Å²) in [5, 5.41) is 0.571. The van der Waals surface area contributed by atoms with E-state index in [2.05, 4.69) is 30.7 Å². The first-order chi connectivity index (χ1) is 9.95. The normalized spacial score (nSPS) is 24.0. The third-order valence-electron chi connectivity index (χ3n) is 4.89. The molecule has 0 bridgehead atoms. The Bertz CT molecular complexity index is 503. The number of rotatable bonds is 2. The fourth-order valence-electron chi connectivity index (χ4n) is 3.80. The van der Waals surface area contributed by atoms with Crippen LogP contribution >= 0.6 is 11.6 Å².